The molecule has 4 rings (SSSR count). The fraction of sp³-hybridized carbons (Fsp3) is 0.648. The van der Waals surface area contributed by atoms with Crippen LogP contribution in [0, 0.1) is 47.3 Å². The van der Waals surface area contributed by atoms with Crippen molar-refractivity contribution in [3.05, 3.63) is 83.4 Å². The number of urea groups is 1. The minimum atomic E-state index is -0.970. The summed E-state index contributed by atoms with van der Waals surface area (Å²) < 4.78 is 11.8. The van der Waals surface area contributed by atoms with Gasteiger partial charge in [0.15, 0.2) is 11.6 Å². The van der Waals surface area contributed by atoms with Crippen molar-refractivity contribution in [2.75, 3.05) is 47.4 Å². The molecular formula is C71H108N8O15. The van der Waals surface area contributed by atoms with Crippen LogP contribution in [0.25, 0.3) is 0 Å². The zero-order valence-electron chi connectivity index (χ0n) is 57.8. The predicted molar refractivity (Wildman–Crippen MR) is 356 cm³/mol. The fourth-order valence-corrected chi connectivity index (χ4v) is 12.9. The Morgan fingerprint density at radius 2 is 1.36 bits per heavy atom. The van der Waals surface area contributed by atoms with Gasteiger partial charge < -0.3 is 56.1 Å². The Kier molecular flexibility index (Phi) is 32.7. The van der Waals surface area contributed by atoms with E-state index in [4.69, 9.17) is 15.2 Å². The first-order valence-electron chi connectivity index (χ1n) is 33.6. The molecule has 2 aromatic carbocycles. The summed E-state index contributed by atoms with van der Waals surface area (Å²) in [7, 11) is 4.65. The molecule has 23 nitrogen and oxygen atoms in total. The van der Waals surface area contributed by atoms with Gasteiger partial charge in [0.25, 0.3) is 11.8 Å². The molecule has 2 aliphatic rings. The number of aliphatic hydroxyl groups excluding tert-OH is 2. The van der Waals surface area contributed by atoms with Gasteiger partial charge in [-0.1, -0.05) is 130 Å². The van der Waals surface area contributed by atoms with E-state index in [0.717, 1.165) is 4.90 Å². The number of likely N-dealkylation sites (N-methyl/N-ethyl adjacent to an activating group) is 2. The molecule has 0 saturated carbocycles. The summed E-state index contributed by atoms with van der Waals surface area (Å²) in [5.41, 5.74) is 7.11. The Labute approximate surface area is 556 Å². The number of rotatable bonds is 41. The molecule has 1 saturated heterocycles. The third-order valence-corrected chi connectivity index (χ3v) is 18.9. The first-order chi connectivity index (χ1) is 44.5. The second-order valence-corrected chi connectivity index (χ2v) is 26.8. The summed E-state index contributed by atoms with van der Waals surface area (Å²) >= 11 is 0. The number of carbonyl (C=O) groups excluding carboxylic acids is 11. The zero-order chi connectivity index (χ0) is 70.1. The standard InChI is InChI=1S/C71H108N8O15/c1-14-46(8)65(60(93-13)40-63(86)78-36-22-27-57(78)55(41-80)47(9)67(88)74-48(10)66(87)51-23-17-15-18-24-51)76(11)69(90)54(44(4)5)39-59(83)64(45(6)7)77(12)71(92)94-42-50-30-28-49(29-31-50)37-58(82)56(26-21-34-73-70(72)91)75-68(89)53(43(2)3)38-52(81)25-19-16-20-35-79-61(84)32-33-62(79)85/h15,17-18,23-24,28-33,43-48,53-57,60,64-66,80,87H,14,16,19-22,25-27,34-42H2,1-13H3,(H,74,88)(H,75,89)(H3,72,73,91)/t46-,47+,48+,53+,54-,55+,56-,57-,60+,64?,65-,66+/m0/s1. The number of amides is 9. The lowest BCUT2D eigenvalue weighted by molar-refractivity contribution is -0.148. The van der Waals surface area contributed by atoms with Crippen LogP contribution >= 0.6 is 0 Å². The number of Topliss-reactive ketones (excluding diaryl/α,β-unsaturated/α-hetero) is 3. The fourth-order valence-electron chi connectivity index (χ4n) is 12.9. The number of nitrogens with one attached hydrogen (secondary N) is 3. The normalized spacial score (nSPS) is 17.5. The van der Waals surface area contributed by atoms with Gasteiger partial charge in [0.2, 0.25) is 23.6 Å². The van der Waals surface area contributed by atoms with Crippen molar-refractivity contribution in [2.45, 2.75) is 202 Å². The van der Waals surface area contributed by atoms with Crippen molar-refractivity contribution in [2.24, 2.45) is 53.1 Å². The number of methoxy groups -OCH3 is 1. The van der Waals surface area contributed by atoms with Gasteiger partial charge in [-0.25, -0.2) is 9.59 Å². The molecule has 0 radical (unpaired) electrons. The molecule has 2 heterocycles. The second kappa shape index (κ2) is 38.9. The number of unbranched alkanes of at least 4 members (excludes halogenated alkanes) is 2. The molecule has 12 atom stereocenters. The maximum absolute atomic E-state index is 14.9. The summed E-state index contributed by atoms with van der Waals surface area (Å²) in [6, 6.07) is 11.5. The van der Waals surface area contributed by atoms with Crippen molar-refractivity contribution in [1.82, 2.24) is 35.6 Å². The smallest absolute Gasteiger partial charge is 0.410 e. The number of primary amides is 1. The van der Waals surface area contributed by atoms with E-state index >= 15 is 0 Å². The van der Waals surface area contributed by atoms with Crippen molar-refractivity contribution in [3.8, 4) is 0 Å². The molecule has 9 amide bonds. The molecule has 7 N–H and O–H groups in total. The van der Waals surface area contributed by atoms with Crippen molar-refractivity contribution < 1.29 is 72.4 Å². The SMILES string of the molecule is CC[C@H](C)[C@@H]([C@@H](CC(=O)N1CCC[C@H]1[C@H](CO)[C@@H](C)C(=O)N[C@H](C)[C@@H](O)c1ccccc1)OC)N(C)C(=O)[C@@H](CC(=O)C(C(C)C)N(C)C(=O)OCc1ccc(CC(=O)[C@H](CCCNC(N)=O)NC(=O)[C@H](CC(=O)CCCCCN2C(=O)C=CC2=O)C(C)C)cc1)C(C)C. The van der Waals surface area contributed by atoms with Gasteiger partial charge in [-0.2, -0.15) is 0 Å². The van der Waals surface area contributed by atoms with E-state index in [2.05, 4.69) is 16.0 Å². The van der Waals surface area contributed by atoms with E-state index in [9.17, 15) is 63.0 Å². The average molecular weight is 1310 g/mol. The van der Waals surface area contributed by atoms with Crippen LogP contribution in [0.2, 0.25) is 0 Å². The highest BCUT2D eigenvalue weighted by Gasteiger charge is 2.44. The van der Waals surface area contributed by atoms with Crippen LogP contribution in [-0.4, -0.2) is 178 Å². The topological polar surface area (TPSA) is 322 Å². The van der Waals surface area contributed by atoms with E-state index < -0.39 is 84.1 Å². The summed E-state index contributed by atoms with van der Waals surface area (Å²) in [6.45, 7) is 18.7. The van der Waals surface area contributed by atoms with Gasteiger partial charge in [-0.05, 0) is 85.8 Å². The van der Waals surface area contributed by atoms with Crippen LogP contribution in [0.3, 0.4) is 0 Å². The summed E-state index contributed by atoms with van der Waals surface area (Å²) in [6.07, 6.45) is 3.78. The molecular weight excluding hydrogens is 1200 g/mol. The van der Waals surface area contributed by atoms with E-state index in [1.807, 2.05) is 47.6 Å². The molecule has 522 valence electrons. The highest BCUT2D eigenvalue weighted by Crippen LogP contribution is 2.33. The third kappa shape index (κ3) is 23.2. The second-order valence-electron chi connectivity index (χ2n) is 26.8. The average Bonchev–Trinajstić information content (AvgIpc) is 1.33. The minimum absolute atomic E-state index is 0.0377. The molecule has 23 heteroatoms. The Morgan fingerprint density at radius 1 is 0.734 bits per heavy atom. The number of ketones is 3. The number of hydrogen-bond donors (Lipinski definition) is 6. The van der Waals surface area contributed by atoms with Crippen LogP contribution in [-0.2, 0) is 65.7 Å². The first kappa shape index (κ1) is 79.1. The number of ether oxygens (including phenoxy) is 2. The van der Waals surface area contributed by atoms with E-state index in [1.54, 1.807) is 93.1 Å². The monoisotopic (exact) mass is 1310 g/mol. The molecule has 0 aliphatic carbocycles. The quantitative estimate of drug-likeness (QED) is 0.0288. The van der Waals surface area contributed by atoms with Gasteiger partial charge in [0, 0.05) is 115 Å². The highest BCUT2D eigenvalue weighted by molar-refractivity contribution is 6.12. The van der Waals surface area contributed by atoms with Crippen LogP contribution in [0.15, 0.2) is 66.7 Å². The Bertz CT molecular complexity index is 2870. The lowest BCUT2D eigenvalue weighted by Gasteiger charge is -2.41. The van der Waals surface area contributed by atoms with Crippen molar-refractivity contribution in [3.63, 3.8) is 0 Å². The molecule has 0 bridgehead atoms. The van der Waals surface area contributed by atoms with Crippen LogP contribution < -0.4 is 21.7 Å². The van der Waals surface area contributed by atoms with Crippen LogP contribution in [0.4, 0.5) is 9.59 Å². The first-order valence-corrected chi connectivity index (χ1v) is 33.6. The van der Waals surface area contributed by atoms with Crippen LogP contribution in [0.1, 0.15) is 169 Å². The highest BCUT2D eigenvalue weighted by atomic mass is 16.6. The predicted octanol–water partition coefficient (Wildman–Crippen LogP) is 7.02. The molecule has 1 unspecified atom stereocenters. The Morgan fingerprint density at radius 3 is 1.94 bits per heavy atom. The van der Waals surface area contributed by atoms with Crippen LogP contribution in [0.5, 0.6) is 0 Å². The number of carbonyl (C=O) groups is 11. The molecule has 0 aromatic heterocycles. The minimum Gasteiger partial charge on any atom is -0.445 e. The largest absolute Gasteiger partial charge is 0.445 e. The Hall–Kier alpha value is -7.37. The van der Waals surface area contributed by atoms with E-state index in [1.165, 1.54) is 31.2 Å². The number of aliphatic hydroxyl groups is 2. The number of hydrogen-bond acceptors (Lipinski definition) is 15. The number of nitrogens with two attached hydrogens (primary N) is 1. The van der Waals surface area contributed by atoms with Gasteiger partial charge in [0.1, 0.15) is 12.4 Å². The van der Waals surface area contributed by atoms with Gasteiger partial charge in [0.05, 0.1) is 42.8 Å². The van der Waals surface area contributed by atoms with Gasteiger partial charge >= 0.3 is 12.1 Å². The van der Waals surface area contributed by atoms with Crippen molar-refractivity contribution in [1.29, 1.82) is 0 Å². The Balaban J connectivity index is 1.37. The molecule has 2 aliphatic heterocycles. The zero-order valence-corrected chi connectivity index (χ0v) is 57.8. The molecule has 2 aromatic rings. The van der Waals surface area contributed by atoms with Gasteiger partial charge in [-0.3, -0.25) is 48.1 Å². The molecule has 94 heavy (non-hydrogen) atoms. The number of imide groups is 1. The summed E-state index contributed by atoms with van der Waals surface area (Å²) in [5, 5.41) is 30.0. The maximum Gasteiger partial charge on any atom is 0.410 e. The molecule has 1 fully saturated rings. The third-order valence-electron chi connectivity index (χ3n) is 18.9. The van der Waals surface area contributed by atoms with E-state index in [0.29, 0.717) is 68.2 Å². The lowest BCUT2D eigenvalue weighted by Crippen LogP contribution is -2.54. The number of benzene rings is 2. The summed E-state index contributed by atoms with van der Waals surface area (Å²) in [5.74, 6) is -6.80. The molecule has 0 spiro atoms. The lowest BCUT2D eigenvalue weighted by atomic mass is 9.83. The maximum atomic E-state index is 14.9. The van der Waals surface area contributed by atoms with E-state index in [-0.39, 0.29) is 135 Å². The van der Waals surface area contributed by atoms with Crippen molar-refractivity contribution >= 4 is 64.9 Å². The number of likely N-dealkylation sites (tertiary alicyclic amines) is 1. The van der Waals surface area contributed by atoms with Gasteiger partial charge in [-0.15, -0.1) is 0 Å². The summed E-state index contributed by atoms with van der Waals surface area (Å²) in [4.78, 5) is 153. The number of nitrogens with zero attached hydrogens (tertiary/aromatic N) is 4.